The minimum absolute atomic E-state index is 0.0141. The number of hydrogen-bond donors (Lipinski definition) is 2. The second-order valence-electron chi connectivity index (χ2n) is 5.64. The summed E-state index contributed by atoms with van der Waals surface area (Å²) in [7, 11) is 2.60. The third kappa shape index (κ3) is 3.85. The van der Waals surface area contributed by atoms with E-state index in [1.807, 2.05) is 6.07 Å². The number of amidine groups is 1. The molecule has 1 atom stereocenters. The molecule has 0 radical (unpaired) electrons. The molecule has 0 aliphatic rings. The van der Waals surface area contributed by atoms with Gasteiger partial charge in [-0.3, -0.25) is 5.41 Å². The molecule has 3 rings (SSSR count). The van der Waals surface area contributed by atoms with Crippen LogP contribution in [-0.4, -0.2) is 26.0 Å². The molecule has 140 valence electrons. The van der Waals surface area contributed by atoms with Gasteiger partial charge in [-0.2, -0.15) is 0 Å². The van der Waals surface area contributed by atoms with E-state index in [0.717, 1.165) is 10.1 Å². The fourth-order valence-corrected chi connectivity index (χ4v) is 3.51. The maximum atomic E-state index is 14.0. The normalized spacial score (nSPS) is 11.8. The summed E-state index contributed by atoms with van der Waals surface area (Å²) >= 11 is 1.34. The van der Waals surface area contributed by atoms with E-state index < -0.39 is 17.9 Å². The Hall–Kier alpha value is -3.13. The van der Waals surface area contributed by atoms with E-state index in [0.29, 0.717) is 16.2 Å². The summed E-state index contributed by atoms with van der Waals surface area (Å²) in [5.41, 5.74) is 5.83. The van der Waals surface area contributed by atoms with Crippen LogP contribution < -0.4 is 15.2 Å². The summed E-state index contributed by atoms with van der Waals surface area (Å²) < 4.78 is 30.4. The van der Waals surface area contributed by atoms with Gasteiger partial charge in [0, 0.05) is 10.3 Å². The zero-order valence-corrected chi connectivity index (χ0v) is 15.4. The largest absolute Gasteiger partial charge is 0.494 e. The molecule has 0 bridgehead atoms. The van der Waals surface area contributed by atoms with E-state index in [9.17, 15) is 9.18 Å². The summed E-state index contributed by atoms with van der Waals surface area (Å²) in [6, 6.07) is 11.2. The summed E-state index contributed by atoms with van der Waals surface area (Å²) in [4.78, 5) is 12.8. The fraction of sp³-hybridized carbons (Fsp3) is 0.158. The Morgan fingerprint density at radius 3 is 2.59 bits per heavy atom. The standard InChI is InChI=1S/C19H17FN2O4S/c1-24-14-6-4-11(7-13(14)20)17(19(23)25-2)26-12-5-3-10-8-16(18(21)22)27-15(10)9-12/h3-9,17H,1-2H3,(H3,21,22). The topological polar surface area (TPSA) is 94.6 Å². The fourth-order valence-electron chi connectivity index (χ4n) is 2.56. The van der Waals surface area contributed by atoms with Gasteiger partial charge >= 0.3 is 5.97 Å². The SMILES string of the molecule is COC(=O)C(Oc1ccc2cc(C(=N)N)sc2c1)c1ccc(OC)c(F)c1. The quantitative estimate of drug-likeness (QED) is 0.382. The number of carbonyl (C=O) groups excluding carboxylic acids is 1. The van der Waals surface area contributed by atoms with Gasteiger partial charge in [-0.1, -0.05) is 6.07 Å². The zero-order valence-electron chi connectivity index (χ0n) is 14.6. The lowest BCUT2D eigenvalue weighted by Crippen LogP contribution is -2.20. The molecule has 0 saturated carbocycles. The number of rotatable bonds is 6. The van der Waals surface area contributed by atoms with E-state index in [4.69, 9.17) is 25.4 Å². The van der Waals surface area contributed by atoms with Crippen LogP contribution in [0.1, 0.15) is 16.5 Å². The molecule has 0 aliphatic heterocycles. The number of hydrogen-bond acceptors (Lipinski definition) is 6. The van der Waals surface area contributed by atoms with Crippen LogP contribution in [0.25, 0.3) is 10.1 Å². The second kappa shape index (κ2) is 7.63. The van der Waals surface area contributed by atoms with Gasteiger partial charge in [-0.25, -0.2) is 9.18 Å². The molecule has 0 fully saturated rings. The number of nitrogens with one attached hydrogen (secondary N) is 1. The van der Waals surface area contributed by atoms with E-state index >= 15 is 0 Å². The highest BCUT2D eigenvalue weighted by Crippen LogP contribution is 2.32. The van der Waals surface area contributed by atoms with Gasteiger partial charge in [0.15, 0.2) is 11.6 Å². The van der Waals surface area contributed by atoms with Crippen molar-refractivity contribution in [2.24, 2.45) is 5.73 Å². The van der Waals surface area contributed by atoms with Crippen molar-refractivity contribution in [3.63, 3.8) is 0 Å². The minimum Gasteiger partial charge on any atom is -0.494 e. The van der Waals surface area contributed by atoms with Crippen molar-refractivity contribution in [3.05, 3.63) is 58.7 Å². The van der Waals surface area contributed by atoms with E-state index in [-0.39, 0.29) is 11.6 Å². The number of ether oxygens (including phenoxy) is 3. The molecule has 0 amide bonds. The van der Waals surface area contributed by atoms with Crippen molar-refractivity contribution in [1.82, 2.24) is 0 Å². The number of esters is 1. The molecule has 6 nitrogen and oxygen atoms in total. The first-order chi connectivity index (χ1) is 12.9. The zero-order chi connectivity index (χ0) is 19.6. The lowest BCUT2D eigenvalue weighted by molar-refractivity contribution is -0.149. The van der Waals surface area contributed by atoms with Crippen LogP contribution in [0.4, 0.5) is 4.39 Å². The molecule has 3 aromatic rings. The lowest BCUT2D eigenvalue weighted by atomic mass is 10.1. The van der Waals surface area contributed by atoms with Crippen LogP contribution in [0, 0.1) is 11.2 Å². The highest BCUT2D eigenvalue weighted by Gasteiger charge is 2.25. The summed E-state index contributed by atoms with van der Waals surface area (Å²) in [6.45, 7) is 0. The van der Waals surface area contributed by atoms with E-state index in [1.54, 1.807) is 24.3 Å². The molecule has 0 aliphatic carbocycles. The number of benzene rings is 2. The van der Waals surface area contributed by atoms with Crippen LogP contribution in [0.3, 0.4) is 0 Å². The van der Waals surface area contributed by atoms with Crippen LogP contribution in [0.2, 0.25) is 0 Å². The molecule has 2 aromatic carbocycles. The maximum absolute atomic E-state index is 14.0. The van der Waals surface area contributed by atoms with Crippen LogP contribution >= 0.6 is 11.3 Å². The first kappa shape index (κ1) is 18.7. The molecule has 1 aromatic heterocycles. The molecule has 27 heavy (non-hydrogen) atoms. The molecular formula is C19H17FN2O4S. The van der Waals surface area contributed by atoms with Gasteiger partial charge in [0.25, 0.3) is 0 Å². The Balaban J connectivity index is 1.95. The van der Waals surface area contributed by atoms with Crippen molar-refractivity contribution < 1.29 is 23.4 Å². The Morgan fingerprint density at radius 1 is 1.19 bits per heavy atom. The monoisotopic (exact) mass is 388 g/mol. The lowest BCUT2D eigenvalue weighted by Gasteiger charge is -2.18. The Morgan fingerprint density at radius 2 is 1.96 bits per heavy atom. The summed E-state index contributed by atoms with van der Waals surface area (Å²) in [6.07, 6.45) is -1.14. The van der Waals surface area contributed by atoms with Crippen LogP contribution in [0.15, 0.2) is 42.5 Å². The Labute approximate surface area is 158 Å². The van der Waals surface area contributed by atoms with Gasteiger partial charge in [0.2, 0.25) is 6.10 Å². The predicted molar refractivity (Wildman–Crippen MR) is 101 cm³/mol. The third-order valence-corrected chi connectivity index (χ3v) is 5.04. The summed E-state index contributed by atoms with van der Waals surface area (Å²) in [5, 5.41) is 8.44. The third-order valence-electron chi connectivity index (χ3n) is 3.90. The molecular weight excluding hydrogens is 371 g/mol. The average Bonchev–Trinajstić information content (AvgIpc) is 3.09. The van der Waals surface area contributed by atoms with E-state index in [2.05, 4.69) is 0 Å². The number of halogens is 1. The van der Waals surface area contributed by atoms with Crippen LogP contribution in [0.5, 0.6) is 11.5 Å². The van der Waals surface area contributed by atoms with Crippen molar-refractivity contribution in [3.8, 4) is 11.5 Å². The molecule has 0 saturated heterocycles. The van der Waals surface area contributed by atoms with Gasteiger partial charge in [-0.15, -0.1) is 11.3 Å². The smallest absolute Gasteiger partial charge is 0.351 e. The van der Waals surface area contributed by atoms with Crippen molar-refractivity contribution in [2.75, 3.05) is 14.2 Å². The number of carbonyl (C=O) groups is 1. The highest BCUT2D eigenvalue weighted by molar-refractivity contribution is 7.20. The number of methoxy groups -OCH3 is 2. The first-order valence-electron chi connectivity index (χ1n) is 7.89. The number of nitrogens with two attached hydrogens (primary N) is 1. The number of thiophene rings is 1. The van der Waals surface area contributed by atoms with Crippen molar-refractivity contribution in [1.29, 1.82) is 5.41 Å². The van der Waals surface area contributed by atoms with Crippen LogP contribution in [-0.2, 0) is 9.53 Å². The molecule has 3 N–H and O–H groups in total. The second-order valence-corrected chi connectivity index (χ2v) is 6.72. The molecule has 1 unspecified atom stereocenters. The van der Waals surface area contributed by atoms with Gasteiger partial charge < -0.3 is 19.9 Å². The van der Waals surface area contributed by atoms with Gasteiger partial charge in [0.1, 0.15) is 11.6 Å². The summed E-state index contributed by atoms with van der Waals surface area (Å²) in [5.74, 6) is -0.799. The van der Waals surface area contributed by atoms with Crippen molar-refractivity contribution in [2.45, 2.75) is 6.10 Å². The number of nitrogen functional groups attached to an aromatic ring is 1. The highest BCUT2D eigenvalue weighted by atomic mass is 32.1. The molecule has 8 heteroatoms. The first-order valence-corrected chi connectivity index (χ1v) is 8.70. The van der Waals surface area contributed by atoms with E-state index in [1.165, 1.54) is 37.7 Å². The molecule has 1 heterocycles. The van der Waals surface area contributed by atoms with Gasteiger partial charge in [-0.05, 0) is 41.8 Å². The molecule has 0 spiro atoms. The predicted octanol–water partition coefficient (Wildman–Crippen LogP) is 3.63. The number of fused-ring (bicyclic) bond motifs is 1. The maximum Gasteiger partial charge on any atom is 0.351 e. The Bertz CT molecular complexity index is 1020. The van der Waals surface area contributed by atoms with Crippen molar-refractivity contribution >= 4 is 33.2 Å². The van der Waals surface area contributed by atoms with Gasteiger partial charge in [0.05, 0.1) is 19.1 Å². The minimum atomic E-state index is -1.14. The Kier molecular flexibility index (Phi) is 5.27. The average molecular weight is 388 g/mol.